The van der Waals surface area contributed by atoms with Crippen molar-refractivity contribution in [2.24, 2.45) is 0 Å². The molecule has 9 rings (SSSR count). The Morgan fingerprint density at radius 3 is 2.02 bits per heavy atom. The third-order valence-corrected chi connectivity index (χ3v) is 9.36. The van der Waals surface area contributed by atoms with Gasteiger partial charge in [0.05, 0.1) is 11.2 Å². The summed E-state index contributed by atoms with van der Waals surface area (Å²) < 4.78 is 1.92. The van der Waals surface area contributed by atoms with Gasteiger partial charge < -0.3 is 0 Å². The highest BCUT2D eigenvalue weighted by Gasteiger charge is 2.15. The number of fused-ring (bicyclic) bond motifs is 7. The van der Waals surface area contributed by atoms with E-state index in [-0.39, 0.29) is 5.56 Å². The molecule has 7 aromatic carbocycles. The molecule has 2 nitrogen and oxygen atoms in total. The topological polar surface area (TPSA) is 22.0 Å². The van der Waals surface area contributed by atoms with E-state index in [1.165, 1.54) is 32.3 Å². The predicted octanol–water partition coefficient (Wildman–Crippen LogP) is 9.14. The molecule has 1 aliphatic rings. The van der Waals surface area contributed by atoms with Gasteiger partial charge in [0, 0.05) is 10.6 Å². The van der Waals surface area contributed by atoms with E-state index in [1.807, 2.05) is 16.7 Å². The van der Waals surface area contributed by atoms with Crippen molar-refractivity contribution in [2.75, 3.05) is 0 Å². The number of pyridine rings is 1. The lowest BCUT2D eigenvalue weighted by molar-refractivity contribution is 1.01. The molecular formula is C43H29NO. The molecule has 0 saturated heterocycles. The maximum atomic E-state index is 14.3. The van der Waals surface area contributed by atoms with Crippen LogP contribution in [0.4, 0.5) is 0 Å². The van der Waals surface area contributed by atoms with Gasteiger partial charge in [0.1, 0.15) is 0 Å². The molecule has 1 heterocycles. The summed E-state index contributed by atoms with van der Waals surface area (Å²) >= 11 is 0. The van der Waals surface area contributed by atoms with Gasteiger partial charge in [0.15, 0.2) is 0 Å². The number of hydrogen-bond donors (Lipinski definition) is 0. The Labute approximate surface area is 260 Å². The van der Waals surface area contributed by atoms with Crippen LogP contribution in [-0.4, -0.2) is 4.57 Å². The monoisotopic (exact) mass is 575 g/mol. The van der Waals surface area contributed by atoms with Gasteiger partial charge in [-0.15, -0.1) is 0 Å². The van der Waals surface area contributed by atoms with E-state index in [0.717, 1.165) is 62.1 Å². The Bertz CT molecular complexity index is 2660. The van der Waals surface area contributed by atoms with E-state index in [9.17, 15) is 4.79 Å². The van der Waals surface area contributed by atoms with Crippen molar-refractivity contribution in [3.63, 3.8) is 0 Å². The first kappa shape index (κ1) is 25.7. The number of benzene rings is 7. The maximum absolute atomic E-state index is 14.3. The molecule has 0 unspecified atom stereocenters. The van der Waals surface area contributed by atoms with Crippen LogP contribution < -0.4 is 16.0 Å². The molecule has 0 radical (unpaired) electrons. The van der Waals surface area contributed by atoms with E-state index >= 15 is 0 Å². The fourth-order valence-electron chi connectivity index (χ4n) is 7.24. The minimum absolute atomic E-state index is 0.0339. The minimum atomic E-state index is 0.0339. The number of nitrogens with zero attached hydrogens (tertiary/aromatic N) is 1. The summed E-state index contributed by atoms with van der Waals surface area (Å²) in [5.74, 6) is 0. The molecule has 1 aromatic heterocycles. The molecule has 2 heteroatoms. The van der Waals surface area contributed by atoms with E-state index in [1.54, 1.807) is 0 Å². The Kier molecular flexibility index (Phi) is 5.82. The van der Waals surface area contributed by atoms with Crippen LogP contribution in [0.3, 0.4) is 0 Å². The summed E-state index contributed by atoms with van der Waals surface area (Å²) in [6.45, 7) is 0. The molecule has 8 aromatic rings. The molecule has 0 N–H and O–H groups in total. The predicted molar refractivity (Wildman–Crippen MR) is 190 cm³/mol. The van der Waals surface area contributed by atoms with Gasteiger partial charge in [-0.1, -0.05) is 115 Å². The van der Waals surface area contributed by atoms with Gasteiger partial charge >= 0.3 is 0 Å². The van der Waals surface area contributed by atoms with Gasteiger partial charge in [-0.3, -0.25) is 9.36 Å². The van der Waals surface area contributed by atoms with Crippen LogP contribution in [0.5, 0.6) is 0 Å². The smallest absolute Gasteiger partial charge is 0.263 e. The third-order valence-electron chi connectivity index (χ3n) is 9.36. The molecule has 0 fully saturated rings. The highest BCUT2D eigenvalue weighted by atomic mass is 16.1. The standard InChI is InChI=1S/C43H29NO/c45-43-40-17-7-6-15-37(40)39-16-8-9-20-42(39)44(43)34-25-32(28-11-2-1-3-12-28)24-33(26-34)35-18-10-19-36-38(35)22-21-31-23-29-13-4-5-14-30(29)27-41(31)36/h1-5,8-27H,6-7H2. The van der Waals surface area contributed by atoms with Gasteiger partial charge in [0.2, 0.25) is 0 Å². The van der Waals surface area contributed by atoms with Crippen LogP contribution >= 0.6 is 0 Å². The Morgan fingerprint density at radius 1 is 0.444 bits per heavy atom. The van der Waals surface area contributed by atoms with Crippen molar-refractivity contribution in [1.82, 2.24) is 4.57 Å². The largest absolute Gasteiger partial charge is 0.276 e. The zero-order valence-corrected chi connectivity index (χ0v) is 24.7. The second kappa shape index (κ2) is 10.2. The second-order valence-electron chi connectivity index (χ2n) is 12.0. The quantitative estimate of drug-likeness (QED) is 0.152. The maximum Gasteiger partial charge on any atom is 0.263 e. The van der Waals surface area contributed by atoms with Crippen LogP contribution in [0.15, 0.2) is 144 Å². The lowest BCUT2D eigenvalue weighted by Gasteiger charge is -2.17. The molecule has 0 atom stereocenters. The zero-order valence-electron chi connectivity index (χ0n) is 24.7. The first-order chi connectivity index (χ1) is 22.2. The SMILES string of the molecule is O=c1c2c(c3ccccc3n1-c1cc(-c3ccccc3)cc(-c3cccc4c3ccc3cc5ccccc5cc34)c1)=CCCC=2. The summed E-state index contributed by atoms with van der Waals surface area (Å²) in [5, 5.41) is 10.4. The fourth-order valence-corrected chi connectivity index (χ4v) is 7.24. The number of para-hydroxylation sites is 1. The van der Waals surface area contributed by atoms with Crippen LogP contribution in [0.25, 0.3) is 83.3 Å². The average molecular weight is 576 g/mol. The van der Waals surface area contributed by atoms with Crippen LogP contribution in [0.1, 0.15) is 12.8 Å². The molecule has 0 saturated carbocycles. The van der Waals surface area contributed by atoms with Crippen molar-refractivity contribution in [3.8, 4) is 27.9 Å². The lowest BCUT2D eigenvalue weighted by atomic mass is 9.91. The van der Waals surface area contributed by atoms with Crippen LogP contribution in [0, 0.1) is 0 Å². The molecule has 0 bridgehead atoms. The van der Waals surface area contributed by atoms with Crippen LogP contribution in [0.2, 0.25) is 0 Å². The molecular weight excluding hydrogens is 546 g/mol. The Hall–Kier alpha value is -5.73. The van der Waals surface area contributed by atoms with E-state index in [2.05, 4.69) is 140 Å². The van der Waals surface area contributed by atoms with Crippen molar-refractivity contribution in [3.05, 3.63) is 160 Å². The van der Waals surface area contributed by atoms with Crippen molar-refractivity contribution in [1.29, 1.82) is 0 Å². The second-order valence-corrected chi connectivity index (χ2v) is 12.0. The molecule has 0 aliphatic heterocycles. The number of rotatable bonds is 3. The molecule has 1 aliphatic carbocycles. The first-order valence-corrected chi connectivity index (χ1v) is 15.6. The average Bonchev–Trinajstić information content (AvgIpc) is 3.11. The zero-order chi connectivity index (χ0) is 29.9. The van der Waals surface area contributed by atoms with Crippen molar-refractivity contribution < 1.29 is 0 Å². The minimum Gasteiger partial charge on any atom is -0.276 e. The highest BCUT2D eigenvalue weighted by Crippen LogP contribution is 2.37. The highest BCUT2D eigenvalue weighted by molar-refractivity contribution is 6.15. The summed E-state index contributed by atoms with van der Waals surface area (Å²) in [6.07, 6.45) is 6.18. The summed E-state index contributed by atoms with van der Waals surface area (Å²) in [7, 11) is 0. The van der Waals surface area contributed by atoms with E-state index in [4.69, 9.17) is 0 Å². The summed E-state index contributed by atoms with van der Waals surface area (Å²) in [6, 6.07) is 49.6. The molecule has 212 valence electrons. The number of aromatic nitrogens is 1. The van der Waals surface area contributed by atoms with Crippen molar-refractivity contribution in [2.45, 2.75) is 12.8 Å². The normalized spacial score (nSPS) is 12.7. The van der Waals surface area contributed by atoms with E-state index < -0.39 is 0 Å². The van der Waals surface area contributed by atoms with Gasteiger partial charge in [0.25, 0.3) is 5.56 Å². The first-order valence-electron chi connectivity index (χ1n) is 15.6. The molecule has 45 heavy (non-hydrogen) atoms. The third kappa shape index (κ3) is 4.14. The molecule has 0 amide bonds. The van der Waals surface area contributed by atoms with Gasteiger partial charge in [-0.2, -0.15) is 0 Å². The lowest BCUT2D eigenvalue weighted by Crippen LogP contribution is -2.45. The number of hydrogen-bond acceptors (Lipinski definition) is 1. The summed E-state index contributed by atoms with van der Waals surface area (Å²) in [5.41, 5.74) is 6.27. The van der Waals surface area contributed by atoms with E-state index in [0.29, 0.717) is 0 Å². The van der Waals surface area contributed by atoms with Crippen molar-refractivity contribution >= 4 is 55.4 Å². The van der Waals surface area contributed by atoms with Gasteiger partial charge in [-0.05, 0) is 109 Å². The fraction of sp³-hybridized carbons (Fsp3) is 0.0465. The molecule has 0 spiro atoms. The van der Waals surface area contributed by atoms with Crippen LogP contribution in [-0.2, 0) is 0 Å². The Balaban J connectivity index is 1.36. The Morgan fingerprint density at radius 2 is 1.16 bits per heavy atom. The summed E-state index contributed by atoms with van der Waals surface area (Å²) in [4.78, 5) is 14.3. The van der Waals surface area contributed by atoms with Gasteiger partial charge in [-0.25, -0.2) is 0 Å².